The zero-order valence-electron chi connectivity index (χ0n) is 16.5. The van der Waals surface area contributed by atoms with Crippen molar-refractivity contribution >= 4 is 23.2 Å². The van der Waals surface area contributed by atoms with E-state index in [1.54, 1.807) is 4.90 Å². The molecule has 2 N–H and O–H groups in total. The standard InChI is InChI=1S/C23H25N3O3/c1-14-11-24-20-10-18(8-9-21(20)26(14)23(29)17-6-7-17)15-2-4-16(5-3-15)22(28)25-12-19(27)13-25/h2-5,8-10,14,17,19,24,27H,6-7,11-13H2,1H3/t14-/m0/s1. The second-order valence-corrected chi connectivity index (χ2v) is 8.39. The smallest absolute Gasteiger partial charge is 0.254 e. The molecule has 1 aliphatic carbocycles. The van der Waals surface area contributed by atoms with Crippen LogP contribution in [0, 0.1) is 5.92 Å². The number of hydrogen-bond acceptors (Lipinski definition) is 4. The van der Waals surface area contributed by atoms with Crippen molar-refractivity contribution in [2.24, 2.45) is 5.92 Å². The van der Waals surface area contributed by atoms with Gasteiger partial charge in [0.05, 0.1) is 23.5 Å². The van der Waals surface area contributed by atoms with Gasteiger partial charge in [-0.05, 0) is 55.2 Å². The summed E-state index contributed by atoms with van der Waals surface area (Å²) in [5, 5.41) is 12.8. The summed E-state index contributed by atoms with van der Waals surface area (Å²) >= 11 is 0. The molecule has 2 aromatic rings. The van der Waals surface area contributed by atoms with Gasteiger partial charge in [0.15, 0.2) is 0 Å². The molecule has 29 heavy (non-hydrogen) atoms. The van der Waals surface area contributed by atoms with Crippen molar-refractivity contribution in [2.75, 3.05) is 29.9 Å². The number of nitrogens with zero attached hydrogens (tertiary/aromatic N) is 2. The molecule has 1 atom stereocenters. The van der Waals surface area contributed by atoms with Crippen LogP contribution in [0.25, 0.3) is 11.1 Å². The molecule has 0 radical (unpaired) electrons. The lowest BCUT2D eigenvalue weighted by atomic mass is 9.99. The van der Waals surface area contributed by atoms with E-state index in [9.17, 15) is 14.7 Å². The fourth-order valence-electron chi connectivity index (χ4n) is 4.13. The van der Waals surface area contributed by atoms with E-state index in [1.807, 2.05) is 41.3 Å². The molecule has 2 aliphatic heterocycles. The molecular formula is C23H25N3O3. The summed E-state index contributed by atoms with van der Waals surface area (Å²) in [6.07, 6.45) is 1.62. The quantitative estimate of drug-likeness (QED) is 0.844. The van der Waals surface area contributed by atoms with Crippen LogP contribution in [0.1, 0.15) is 30.1 Å². The van der Waals surface area contributed by atoms with Crippen molar-refractivity contribution in [1.82, 2.24) is 4.90 Å². The molecule has 0 spiro atoms. The second-order valence-electron chi connectivity index (χ2n) is 8.39. The Morgan fingerprint density at radius 3 is 2.38 bits per heavy atom. The molecule has 0 bridgehead atoms. The first kappa shape index (κ1) is 18.2. The van der Waals surface area contributed by atoms with E-state index in [0.717, 1.165) is 41.9 Å². The summed E-state index contributed by atoms with van der Waals surface area (Å²) in [4.78, 5) is 28.7. The maximum absolute atomic E-state index is 12.7. The van der Waals surface area contributed by atoms with E-state index in [-0.39, 0.29) is 23.8 Å². The molecule has 0 aromatic heterocycles. The van der Waals surface area contributed by atoms with Crippen LogP contribution in [0.15, 0.2) is 42.5 Å². The van der Waals surface area contributed by atoms with Gasteiger partial charge in [0.2, 0.25) is 5.91 Å². The Kier molecular flexibility index (Phi) is 4.32. The van der Waals surface area contributed by atoms with E-state index < -0.39 is 6.10 Å². The SMILES string of the molecule is C[C@H]1CNc2cc(-c3ccc(C(=O)N4CC(O)C4)cc3)ccc2N1C(=O)C1CC1. The molecule has 2 amide bonds. The third kappa shape index (κ3) is 3.27. The van der Waals surface area contributed by atoms with Crippen LogP contribution in [0.4, 0.5) is 11.4 Å². The topological polar surface area (TPSA) is 72.9 Å². The lowest BCUT2D eigenvalue weighted by molar-refractivity contribution is -0.120. The number of rotatable bonds is 3. The van der Waals surface area contributed by atoms with E-state index in [1.165, 1.54) is 0 Å². The highest BCUT2D eigenvalue weighted by Crippen LogP contribution is 2.39. The van der Waals surface area contributed by atoms with Gasteiger partial charge in [-0.2, -0.15) is 0 Å². The largest absolute Gasteiger partial charge is 0.389 e. The van der Waals surface area contributed by atoms with Gasteiger partial charge in [0.25, 0.3) is 5.91 Å². The highest BCUT2D eigenvalue weighted by molar-refractivity contribution is 6.01. The fourth-order valence-corrected chi connectivity index (χ4v) is 4.13. The van der Waals surface area contributed by atoms with Crippen molar-refractivity contribution in [3.63, 3.8) is 0 Å². The molecule has 6 heteroatoms. The molecule has 2 fully saturated rings. The lowest BCUT2D eigenvalue weighted by Crippen LogP contribution is -2.53. The summed E-state index contributed by atoms with van der Waals surface area (Å²) < 4.78 is 0. The second kappa shape index (κ2) is 6.88. The molecule has 1 saturated carbocycles. The average Bonchev–Trinajstić information content (AvgIpc) is 3.56. The minimum atomic E-state index is -0.393. The molecule has 0 unspecified atom stereocenters. The number of carbonyl (C=O) groups excluding carboxylic acids is 2. The van der Waals surface area contributed by atoms with Crippen LogP contribution < -0.4 is 10.2 Å². The predicted molar refractivity (Wildman–Crippen MR) is 112 cm³/mol. The van der Waals surface area contributed by atoms with Crippen molar-refractivity contribution in [1.29, 1.82) is 0 Å². The number of fused-ring (bicyclic) bond motifs is 1. The fraction of sp³-hybridized carbons (Fsp3) is 0.391. The molecule has 2 heterocycles. The number of aliphatic hydroxyl groups is 1. The number of benzene rings is 2. The van der Waals surface area contributed by atoms with Crippen LogP contribution in [-0.2, 0) is 4.79 Å². The number of anilines is 2. The molecular weight excluding hydrogens is 366 g/mol. The zero-order valence-corrected chi connectivity index (χ0v) is 16.5. The minimum Gasteiger partial charge on any atom is -0.389 e. The van der Waals surface area contributed by atoms with E-state index >= 15 is 0 Å². The monoisotopic (exact) mass is 391 g/mol. The van der Waals surface area contributed by atoms with Gasteiger partial charge < -0.3 is 20.2 Å². The first-order chi connectivity index (χ1) is 14.0. The number of β-amino-alcohol motifs (C(OH)–C–C–N with tert-alkyl or cyclic N) is 1. The Hall–Kier alpha value is -2.86. The van der Waals surface area contributed by atoms with Crippen molar-refractivity contribution in [3.8, 4) is 11.1 Å². The molecule has 3 aliphatic rings. The average molecular weight is 391 g/mol. The Morgan fingerprint density at radius 1 is 1.03 bits per heavy atom. The first-order valence-electron chi connectivity index (χ1n) is 10.3. The molecule has 2 aromatic carbocycles. The predicted octanol–water partition coefficient (Wildman–Crippen LogP) is 2.73. The van der Waals surface area contributed by atoms with Gasteiger partial charge >= 0.3 is 0 Å². The van der Waals surface area contributed by atoms with Crippen LogP contribution >= 0.6 is 0 Å². The van der Waals surface area contributed by atoms with Gasteiger partial charge in [0.1, 0.15) is 0 Å². The van der Waals surface area contributed by atoms with E-state index in [0.29, 0.717) is 18.7 Å². The molecule has 1 saturated heterocycles. The van der Waals surface area contributed by atoms with Crippen LogP contribution in [0.5, 0.6) is 0 Å². The molecule has 6 nitrogen and oxygen atoms in total. The van der Waals surface area contributed by atoms with Crippen molar-refractivity contribution < 1.29 is 14.7 Å². The number of hydrogen-bond donors (Lipinski definition) is 2. The summed E-state index contributed by atoms with van der Waals surface area (Å²) in [6.45, 7) is 3.64. The third-order valence-corrected chi connectivity index (χ3v) is 6.06. The highest BCUT2D eigenvalue weighted by atomic mass is 16.3. The van der Waals surface area contributed by atoms with Crippen LogP contribution in [0.2, 0.25) is 0 Å². The third-order valence-electron chi connectivity index (χ3n) is 6.06. The van der Waals surface area contributed by atoms with Gasteiger partial charge in [-0.15, -0.1) is 0 Å². The number of aliphatic hydroxyl groups excluding tert-OH is 1. The number of carbonyl (C=O) groups is 2. The highest BCUT2D eigenvalue weighted by Gasteiger charge is 2.38. The Morgan fingerprint density at radius 2 is 1.72 bits per heavy atom. The van der Waals surface area contributed by atoms with Gasteiger partial charge in [0, 0.05) is 31.1 Å². The van der Waals surface area contributed by atoms with Crippen LogP contribution in [0.3, 0.4) is 0 Å². The summed E-state index contributed by atoms with van der Waals surface area (Å²) in [5.41, 5.74) is 4.63. The van der Waals surface area contributed by atoms with Crippen LogP contribution in [-0.4, -0.2) is 53.6 Å². The maximum Gasteiger partial charge on any atom is 0.254 e. The molecule has 150 valence electrons. The van der Waals surface area contributed by atoms with Crippen molar-refractivity contribution in [3.05, 3.63) is 48.0 Å². The Bertz CT molecular complexity index is 962. The van der Waals surface area contributed by atoms with E-state index in [2.05, 4.69) is 18.3 Å². The first-order valence-corrected chi connectivity index (χ1v) is 10.3. The van der Waals surface area contributed by atoms with Gasteiger partial charge in [-0.1, -0.05) is 18.2 Å². The van der Waals surface area contributed by atoms with Crippen molar-refractivity contribution in [2.45, 2.75) is 31.9 Å². The van der Waals surface area contributed by atoms with Gasteiger partial charge in [-0.25, -0.2) is 0 Å². The summed E-state index contributed by atoms with van der Waals surface area (Å²) in [5.74, 6) is 0.393. The van der Waals surface area contributed by atoms with E-state index in [4.69, 9.17) is 0 Å². The Balaban J connectivity index is 1.38. The summed E-state index contributed by atoms with van der Waals surface area (Å²) in [6, 6.07) is 13.8. The summed E-state index contributed by atoms with van der Waals surface area (Å²) in [7, 11) is 0. The number of nitrogens with one attached hydrogen (secondary N) is 1. The lowest BCUT2D eigenvalue weighted by Gasteiger charge is -2.36. The Labute approximate surface area is 170 Å². The number of likely N-dealkylation sites (tertiary alicyclic amines) is 1. The van der Waals surface area contributed by atoms with Gasteiger partial charge in [-0.3, -0.25) is 9.59 Å². The minimum absolute atomic E-state index is 0.0443. The number of amides is 2. The normalized spacial score (nSPS) is 21.2. The maximum atomic E-state index is 12.7. The zero-order chi connectivity index (χ0) is 20.1. The molecule has 5 rings (SSSR count).